The summed E-state index contributed by atoms with van der Waals surface area (Å²) >= 11 is 0. The SMILES string of the molecule is CCN(CC)C(=O)Oc1cc(N)c(N)nc1N.Nc1ccccc1. The number of nitrogen functional groups attached to an aromatic ring is 4. The summed E-state index contributed by atoms with van der Waals surface area (Å²) in [6, 6.07) is 10.9. The summed E-state index contributed by atoms with van der Waals surface area (Å²) in [5, 5.41) is 0. The van der Waals surface area contributed by atoms with E-state index in [0.29, 0.717) is 13.1 Å². The number of pyridine rings is 1. The number of rotatable bonds is 3. The highest BCUT2D eigenvalue weighted by atomic mass is 16.6. The Balaban J connectivity index is 0.000000341. The molecule has 8 nitrogen and oxygen atoms in total. The molecule has 24 heavy (non-hydrogen) atoms. The molecule has 8 N–H and O–H groups in total. The number of hydrogen-bond donors (Lipinski definition) is 4. The van der Waals surface area contributed by atoms with Crippen LogP contribution in [0, 0.1) is 0 Å². The number of hydrogen-bond acceptors (Lipinski definition) is 7. The fourth-order valence-corrected chi connectivity index (χ4v) is 1.71. The molecule has 0 saturated carbocycles. The average molecular weight is 332 g/mol. The third kappa shape index (κ3) is 5.56. The third-order valence-corrected chi connectivity index (χ3v) is 3.09. The van der Waals surface area contributed by atoms with Gasteiger partial charge in [0.05, 0.1) is 5.69 Å². The number of para-hydroxylation sites is 1. The summed E-state index contributed by atoms with van der Waals surface area (Å²) in [5.41, 5.74) is 23.0. The molecule has 1 aromatic carbocycles. The maximum atomic E-state index is 11.7. The highest BCUT2D eigenvalue weighted by Gasteiger charge is 2.15. The fourth-order valence-electron chi connectivity index (χ4n) is 1.71. The van der Waals surface area contributed by atoms with Crippen molar-refractivity contribution in [3.8, 4) is 5.75 Å². The van der Waals surface area contributed by atoms with Crippen LogP contribution in [-0.2, 0) is 0 Å². The second-order valence-corrected chi connectivity index (χ2v) is 4.80. The Morgan fingerprint density at radius 1 is 1.04 bits per heavy atom. The normalized spacial score (nSPS) is 9.58. The highest BCUT2D eigenvalue weighted by Crippen LogP contribution is 2.26. The molecule has 1 amide bonds. The summed E-state index contributed by atoms with van der Waals surface area (Å²) in [6.45, 7) is 4.80. The number of ether oxygens (including phenoxy) is 1. The zero-order valence-electron chi connectivity index (χ0n) is 13.9. The van der Waals surface area contributed by atoms with Crippen molar-refractivity contribution in [1.29, 1.82) is 0 Å². The zero-order valence-corrected chi connectivity index (χ0v) is 13.9. The Hall–Kier alpha value is -3.16. The van der Waals surface area contributed by atoms with E-state index in [4.69, 9.17) is 27.7 Å². The van der Waals surface area contributed by atoms with Crippen LogP contribution in [0.5, 0.6) is 5.75 Å². The Bertz CT molecular complexity index is 659. The van der Waals surface area contributed by atoms with Gasteiger partial charge in [0.25, 0.3) is 0 Å². The van der Waals surface area contributed by atoms with Gasteiger partial charge in [0.15, 0.2) is 11.6 Å². The standard InChI is InChI=1S/C10H17N5O2.C6H7N/c1-3-15(4-2)10(16)17-7-5-6(11)8(12)14-9(7)13;7-6-4-2-1-3-5-6/h5H,3-4,11H2,1-2H3,(H4,12,13,14);1-5H,7H2. The van der Waals surface area contributed by atoms with Gasteiger partial charge in [-0.05, 0) is 26.0 Å². The Labute approximate surface area is 141 Å². The van der Waals surface area contributed by atoms with Crippen LogP contribution in [0.1, 0.15) is 13.8 Å². The van der Waals surface area contributed by atoms with Gasteiger partial charge in [-0.1, -0.05) is 18.2 Å². The summed E-state index contributed by atoms with van der Waals surface area (Å²) < 4.78 is 5.09. The van der Waals surface area contributed by atoms with Crippen molar-refractivity contribution in [2.75, 3.05) is 36.0 Å². The zero-order chi connectivity index (χ0) is 18.1. The minimum absolute atomic E-state index is 0.0391. The largest absolute Gasteiger partial charge is 0.415 e. The van der Waals surface area contributed by atoms with E-state index in [1.54, 1.807) is 0 Å². The number of nitrogens with two attached hydrogens (primary N) is 4. The predicted octanol–water partition coefficient (Wildman–Crippen LogP) is 1.94. The van der Waals surface area contributed by atoms with E-state index in [2.05, 4.69) is 4.98 Å². The first-order valence-corrected chi connectivity index (χ1v) is 7.47. The van der Waals surface area contributed by atoms with E-state index < -0.39 is 6.09 Å². The number of amides is 1. The van der Waals surface area contributed by atoms with Gasteiger partial charge in [-0.2, -0.15) is 0 Å². The lowest BCUT2D eigenvalue weighted by Gasteiger charge is -2.18. The van der Waals surface area contributed by atoms with Crippen LogP contribution in [0.2, 0.25) is 0 Å². The lowest BCUT2D eigenvalue weighted by atomic mass is 10.3. The van der Waals surface area contributed by atoms with Crippen molar-refractivity contribution < 1.29 is 9.53 Å². The molecule has 0 bridgehead atoms. The van der Waals surface area contributed by atoms with Crippen molar-refractivity contribution in [3.05, 3.63) is 36.4 Å². The Kier molecular flexibility index (Phi) is 7.15. The smallest absolute Gasteiger partial charge is 0.406 e. The molecular formula is C16H24N6O2. The summed E-state index contributed by atoms with van der Waals surface area (Å²) in [6.07, 6.45) is -0.493. The number of benzene rings is 1. The predicted molar refractivity (Wildman–Crippen MR) is 97.3 cm³/mol. The molecule has 2 aromatic rings. The molecule has 0 unspecified atom stereocenters. The highest BCUT2D eigenvalue weighted by molar-refractivity contribution is 5.75. The average Bonchev–Trinajstić information content (AvgIpc) is 2.55. The number of anilines is 4. The summed E-state index contributed by atoms with van der Waals surface area (Å²) in [4.78, 5) is 16.9. The fraction of sp³-hybridized carbons (Fsp3) is 0.250. The molecule has 1 aromatic heterocycles. The van der Waals surface area contributed by atoms with Gasteiger partial charge in [0.2, 0.25) is 0 Å². The molecule has 0 saturated heterocycles. The number of carbonyl (C=O) groups excluding carboxylic acids is 1. The minimum atomic E-state index is -0.493. The molecule has 8 heteroatoms. The van der Waals surface area contributed by atoms with Gasteiger partial charge in [-0.25, -0.2) is 9.78 Å². The van der Waals surface area contributed by atoms with Crippen LogP contribution in [0.4, 0.5) is 27.8 Å². The van der Waals surface area contributed by atoms with Crippen molar-refractivity contribution in [2.45, 2.75) is 13.8 Å². The quantitative estimate of drug-likeness (QED) is 0.628. The van der Waals surface area contributed by atoms with Crippen molar-refractivity contribution in [3.63, 3.8) is 0 Å². The first-order chi connectivity index (χ1) is 11.4. The molecule has 0 spiro atoms. The van der Waals surface area contributed by atoms with Crippen LogP contribution in [0.25, 0.3) is 0 Å². The third-order valence-electron chi connectivity index (χ3n) is 3.09. The van der Waals surface area contributed by atoms with Gasteiger partial charge < -0.3 is 32.6 Å². The maximum Gasteiger partial charge on any atom is 0.415 e. The first-order valence-electron chi connectivity index (χ1n) is 7.47. The van der Waals surface area contributed by atoms with Crippen molar-refractivity contribution in [2.24, 2.45) is 0 Å². The van der Waals surface area contributed by atoms with Crippen LogP contribution in [0.3, 0.4) is 0 Å². The molecule has 0 radical (unpaired) electrons. The second-order valence-electron chi connectivity index (χ2n) is 4.80. The van der Waals surface area contributed by atoms with Crippen LogP contribution in [0.15, 0.2) is 36.4 Å². The molecule has 0 fully saturated rings. The summed E-state index contributed by atoms with van der Waals surface area (Å²) in [5.74, 6) is 0.274. The van der Waals surface area contributed by atoms with E-state index in [-0.39, 0.29) is 23.1 Å². The molecule has 1 heterocycles. The second kappa shape index (κ2) is 9.09. The van der Waals surface area contributed by atoms with Gasteiger partial charge in [0, 0.05) is 24.8 Å². The lowest BCUT2D eigenvalue weighted by molar-refractivity contribution is 0.157. The molecule has 0 aliphatic heterocycles. The molecule has 0 aliphatic rings. The first kappa shape index (κ1) is 18.9. The van der Waals surface area contributed by atoms with E-state index in [1.807, 2.05) is 44.2 Å². The monoisotopic (exact) mass is 332 g/mol. The minimum Gasteiger partial charge on any atom is -0.406 e. The van der Waals surface area contributed by atoms with Gasteiger partial charge in [-0.3, -0.25) is 0 Å². The van der Waals surface area contributed by atoms with Crippen molar-refractivity contribution in [1.82, 2.24) is 9.88 Å². The Morgan fingerprint density at radius 2 is 1.62 bits per heavy atom. The van der Waals surface area contributed by atoms with Crippen LogP contribution >= 0.6 is 0 Å². The number of carbonyl (C=O) groups is 1. The van der Waals surface area contributed by atoms with Gasteiger partial charge in [0.1, 0.15) is 5.82 Å². The maximum absolute atomic E-state index is 11.7. The number of nitrogens with zero attached hydrogens (tertiary/aromatic N) is 2. The van der Waals surface area contributed by atoms with E-state index in [1.165, 1.54) is 11.0 Å². The molecule has 130 valence electrons. The van der Waals surface area contributed by atoms with Crippen LogP contribution in [-0.4, -0.2) is 29.1 Å². The molecule has 0 atom stereocenters. The van der Waals surface area contributed by atoms with E-state index in [9.17, 15) is 4.79 Å². The summed E-state index contributed by atoms with van der Waals surface area (Å²) in [7, 11) is 0. The Morgan fingerprint density at radius 3 is 2.08 bits per heavy atom. The van der Waals surface area contributed by atoms with Gasteiger partial charge >= 0.3 is 6.09 Å². The molecule has 2 rings (SSSR count). The topological polar surface area (TPSA) is 147 Å². The molecule has 0 aliphatic carbocycles. The molecular weight excluding hydrogens is 308 g/mol. The van der Waals surface area contributed by atoms with Crippen molar-refractivity contribution >= 4 is 29.1 Å². The van der Waals surface area contributed by atoms with E-state index >= 15 is 0 Å². The van der Waals surface area contributed by atoms with E-state index in [0.717, 1.165) is 5.69 Å². The van der Waals surface area contributed by atoms with Crippen LogP contribution < -0.4 is 27.7 Å². The number of aromatic nitrogens is 1. The van der Waals surface area contributed by atoms with Gasteiger partial charge in [-0.15, -0.1) is 0 Å². The lowest BCUT2D eigenvalue weighted by Crippen LogP contribution is -2.33.